The summed E-state index contributed by atoms with van der Waals surface area (Å²) in [5.74, 6) is 1.20. The summed E-state index contributed by atoms with van der Waals surface area (Å²) < 4.78 is 10.4. The van der Waals surface area contributed by atoms with Crippen LogP contribution in [0, 0.1) is 6.92 Å². The van der Waals surface area contributed by atoms with Crippen LogP contribution in [-0.4, -0.2) is 33.2 Å². The molecule has 5 nitrogen and oxygen atoms in total. The van der Waals surface area contributed by atoms with Gasteiger partial charge in [-0.1, -0.05) is 6.92 Å². The Morgan fingerprint density at radius 3 is 2.56 bits per heavy atom. The number of rotatable bonds is 6. The zero-order valence-electron chi connectivity index (χ0n) is 11.3. The highest BCUT2D eigenvalue weighted by atomic mass is 16.5. The average molecular weight is 252 g/mol. The molecule has 0 aliphatic carbocycles. The molecular formula is C13H20N2O3. The lowest BCUT2D eigenvalue weighted by molar-refractivity contribution is -0.115. The normalized spacial score (nSPS) is 10.0. The first-order valence-electron chi connectivity index (χ1n) is 5.85. The third kappa shape index (κ3) is 3.63. The maximum absolute atomic E-state index is 11.7. The quantitative estimate of drug-likeness (QED) is 0.806. The predicted octanol–water partition coefficient (Wildman–Crippen LogP) is 1.56. The molecule has 0 aromatic heterocycles. The Bertz CT molecular complexity index is 419. The Morgan fingerprint density at radius 1 is 1.28 bits per heavy atom. The fourth-order valence-corrected chi connectivity index (χ4v) is 1.58. The van der Waals surface area contributed by atoms with Crippen LogP contribution in [0.2, 0.25) is 0 Å². The average Bonchev–Trinajstić information content (AvgIpc) is 2.38. The molecule has 1 aromatic rings. The molecule has 0 aliphatic heterocycles. The second-order valence-corrected chi connectivity index (χ2v) is 3.85. The van der Waals surface area contributed by atoms with Gasteiger partial charge < -0.3 is 20.1 Å². The van der Waals surface area contributed by atoms with Crippen molar-refractivity contribution in [2.24, 2.45) is 0 Å². The summed E-state index contributed by atoms with van der Waals surface area (Å²) >= 11 is 0. The maximum Gasteiger partial charge on any atom is 0.238 e. The Balaban J connectivity index is 2.90. The Morgan fingerprint density at radius 2 is 2.00 bits per heavy atom. The van der Waals surface area contributed by atoms with Gasteiger partial charge in [-0.25, -0.2) is 0 Å². The van der Waals surface area contributed by atoms with E-state index in [1.54, 1.807) is 20.3 Å². The summed E-state index contributed by atoms with van der Waals surface area (Å²) in [6.45, 7) is 4.89. The topological polar surface area (TPSA) is 59.6 Å². The van der Waals surface area contributed by atoms with Crippen LogP contribution in [0.1, 0.15) is 12.5 Å². The molecule has 0 bridgehead atoms. The Kier molecular flexibility index (Phi) is 5.45. The fourth-order valence-electron chi connectivity index (χ4n) is 1.58. The molecule has 18 heavy (non-hydrogen) atoms. The number of anilines is 1. The highest BCUT2D eigenvalue weighted by Gasteiger charge is 2.12. The van der Waals surface area contributed by atoms with Crippen LogP contribution in [0.25, 0.3) is 0 Å². The number of methoxy groups -OCH3 is 2. The van der Waals surface area contributed by atoms with Gasteiger partial charge in [0, 0.05) is 6.07 Å². The van der Waals surface area contributed by atoms with Crippen LogP contribution in [0.3, 0.4) is 0 Å². The van der Waals surface area contributed by atoms with E-state index in [4.69, 9.17) is 9.47 Å². The summed E-state index contributed by atoms with van der Waals surface area (Å²) in [7, 11) is 3.16. The molecule has 0 heterocycles. The summed E-state index contributed by atoms with van der Waals surface area (Å²) in [5.41, 5.74) is 1.58. The third-order valence-corrected chi connectivity index (χ3v) is 2.53. The van der Waals surface area contributed by atoms with Crippen molar-refractivity contribution >= 4 is 11.6 Å². The van der Waals surface area contributed by atoms with Crippen molar-refractivity contribution in [2.45, 2.75) is 13.8 Å². The number of ether oxygens (including phenoxy) is 2. The van der Waals surface area contributed by atoms with E-state index in [0.29, 0.717) is 17.2 Å². The van der Waals surface area contributed by atoms with Gasteiger partial charge in [0.2, 0.25) is 5.91 Å². The molecule has 100 valence electrons. The van der Waals surface area contributed by atoms with Crippen molar-refractivity contribution in [3.63, 3.8) is 0 Å². The minimum Gasteiger partial charge on any atom is -0.497 e. The van der Waals surface area contributed by atoms with Gasteiger partial charge in [0.1, 0.15) is 11.5 Å². The number of carbonyl (C=O) groups is 1. The second kappa shape index (κ2) is 6.86. The molecule has 5 heteroatoms. The number of amides is 1. The van der Waals surface area contributed by atoms with E-state index in [1.165, 1.54) is 0 Å². The van der Waals surface area contributed by atoms with Crippen molar-refractivity contribution < 1.29 is 14.3 Å². The van der Waals surface area contributed by atoms with Gasteiger partial charge in [-0.15, -0.1) is 0 Å². The highest BCUT2D eigenvalue weighted by Crippen LogP contribution is 2.32. The molecular weight excluding hydrogens is 232 g/mol. The molecule has 0 spiro atoms. The van der Waals surface area contributed by atoms with E-state index >= 15 is 0 Å². The number of benzene rings is 1. The lowest BCUT2D eigenvalue weighted by atomic mass is 10.1. The van der Waals surface area contributed by atoms with E-state index in [1.807, 2.05) is 19.9 Å². The first-order chi connectivity index (χ1) is 8.62. The smallest absolute Gasteiger partial charge is 0.238 e. The molecule has 2 N–H and O–H groups in total. The first-order valence-corrected chi connectivity index (χ1v) is 5.85. The number of carbonyl (C=O) groups excluding carboxylic acids is 1. The molecule has 0 unspecified atom stereocenters. The maximum atomic E-state index is 11.7. The van der Waals surface area contributed by atoms with Crippen molar-refractivity contribution in [1.29, 1.82) is 0 Å². The molecule has 0 fully saturated rings. The lowest BCUT2D eigenvalue weighted by Gasteiger charge is -2.14. The van der Waals surface area contributed by atoms with Gasteiger partial charge in [-0.05, 0) is 25.1 Å². The molecule has 1 amide bonds. The van der Waals surface area contributed by atoms with Crippen molar-refractivity contribution in [3.05, 3.63) is 17.7 Å². The number of nitrogens with one attached hydrogen (secondary N) is 2. The Hall–Kier alpha value is -1.75. The molecule has 1 rings (SSSR count). The standard InChI is InChI=1S/C13H20N2O3/c1-5-14-8-12(16)15-13-9(2)6-10(17-3)7-11(13)18-4/h6-7,14H,5,8H2,1-4H3,(H,15,16). The van der Waals surface area contributed by atoms with Gasteiger partial charge in [0.25, 0.3) is 0 Å². The summed E-state index contributed by atoms with van der Waals surface area (Å²) in [6, 6.07) is 3.60. The van der Waals surface area contributed by atoms with Crippen LogP contribution in [0.15, 0.2) is 12.1 Å². The van der Waals surface area contributed by atoms with E-state index in [9.17, 15) is 4.79 Å². The monoisotopic (exact) mass is 252 g/mol. The number of aryl methyl sites for hydroxylation is 1. The highest BCUT2D eigenvalue weighted by molar-refractivity contribution is 5.94. The second-order valence-electron chi connectivity index (χ2n) is 3.85. The predicted molar refractivity (Wildman–Crippen MR) is 71.5 cm³/mol. The minimum absolute atomic E-state index is 0.0941. The molecule has 0 saturated carbocycles. The first kappa shape index (κ1) is 14.3. The number of hydrogen-bond donors (Lipinski definition) is 2. The number of hydrogen-bond acceptors (Lipinski definition) is 4. The molecule has 1 aromatic carbocycles. The van der Waals surface area contributed by atoms with Crippen molar-refractivity contribution in [2.75, 3.05) is 32.6 Å². The van der Waals surface area contributed by atoms with E-state index < -0.39 is 0 Å². The zero-order chi connectivity index (χ0) is 13.5. The lowest BCUT2D eigenvalue weighted by Crippen LogP contribution is -2.28. The minimum atomic E-state index is -0.0941. The van der Waals surface area contributed by atoms with Gasteiger partial charge >= 0.3 is 0 Å². The zero-order valence-corrected chi connectivity index (χ0v) is 11.3. The van der Waals surface area contributed by atoms with Gasteiger partial charge in [0.05, 0.1) is 26.5 Å². The van der Waals surface area contributed by atoms with Crippen LogP contribution in [-0.2, 0) is 4.79 Å². The van der Waals surface area contributed by atoms with Crippen molar-refractivity contribution in [3.8, 4) is 11.5 Å². The molecule has 0 saturated heterocycles. The van der Waals surface area contributed by atoms with Gasteiger partial charge in [0.15, 0.2) is 0 Å². The fraction of sp³-hybridized carbons (Fsp3) is 0.462. The van der Waals surface area contributed by atoms with Gasteiger partial charge in [-0.3, -0.25) is 4.79 Å². The molecule has 0 atom stereocenters. The Labute approximate surface area is 107 Å². The van der Waals surface area contributed by atoms with Crippen LogP contribution in [0.5, 0.6) is 11.5 Å². The summed E-state index contributed by atoms with van der Waals surface area (Å²) in [5, 5.41) is 5.80. The van der Waals surface area contributed by atoms with Gasteiger partial charge in [-0.2, -0.15) is 0 Å². The molecule has 0 radical (unpaired) electrons. The van der Waals surface area contributed by atoms with E-state index in [0.717, 1.165) is 12.1 Å². The van der Waals surface area contributed by atoms with E-state index in [2.05, 4.69) is 10.6 Å². The third-order valence-electron chi connectivity index (χ3n) is 2.53. The number of likely N-dealkylation sites (N-methyl/N-ethyl adjacent to an activating group) is 1. The molecule has 0 aliphatic rings. The van der Waals surface area contributed by atoms with Crippen molar-refractivity contribution in [1.82, 2.24) is 5.32 Å². The summed E-state index contributed by atoms with van der Waals surface area (Å²) in [4.78, 5) is 11.7. The van der Waals surface area contributed by atoms with Crippen LogP contribution < -0.4 is 20.1 Å². The van der Waals surface area contributed by atoms with Crippen LogP contribution in [0.4, 0.5) is 5.69 Å². The summed E-state index contributed by atoms with van der Waals surface area (Å²) in [6.07, 6.45) is 0. The SMILES string of the molecule is CCNCC(=O)Nc1c(C)cc(OC)cc1OC. The van der Waals surface area contributed by atoms with E-state index in [-0.39, 0.29) is 12.5 Å². The van der Waals surface area contributed by atoms with Crippen LogP contribution >= 0.6 is 0 Å². The largest absolute Gasteiger partial charge is 0.497 e.